The molecular weight excluding hydrogens is 260 g/mol. The first kappa shape index (κ1) is 12.3. The van der Waals surface area contributed by atoms with Crippen LogP contribution >= 0.6 is 0 Å². The molecule has 2 heterocycles. The maximum absolute atomic E-state index is 11.1. The van der Waals surface area contributed by atoms with Crippen LogP contribution in [-0.2, 0) is 13.0 Å². The van der Waals surface area contributed by atoms with E-state index in [0.717, 1.165) is 5.52 Å². The van der Waals surface area contributed by atoms with Crippen LogP contribution in [0.1, 0.15) is 22.1 Å². The van der Waals surface area contributed by atoms with Gasteiger partial charge in [0.25, 0.3) is 0 Å². The molecular formula is C13H12N4O3. The largest absolute Gasteiger partial charge is 0.478 e. The molecule has 0 bridgehead atoms. The van der Waals surface area contributed by atoms with E-state index >= 15 is 0 Å². The van der Waals surface area contributed by atoms with Crippen LogP contribution in [0.5, 0.6) is 0 Å². The Labute approximate surface area is 113 Å². The SMILES string of the molecule is Cc1noc(CCn2cnc3c(C(=O)O)cccc32)n1. The zero-order valence-corrected chi connectivity index (χ0v) is 10.8. The van der Waals surface area contributed by atoms with Gasteiger partial charge in [-0.05, 0) is 19.1 Å². The molecule has 2 aromatic heterocycles. The second-order valence-corrected chi connectivity index (χ2v) is 4.40. The number of rotatable bonds is 4. The number of aryl methyl sites for hydroxylation is 3. The summed E-state index contributed by atoms with van der Waals surface area (Å²) < 4.78 is 6.92. The van der Waals surface area contributed by atoms with Crippen molar-refractivity contribution in [3.8, 4) is 0 Å². The van der Waals surface area contributed by atoms with Crippen molar-refractivity contribution < 1.29 is 14.4 Å². The van der Waals surface area contributed by atoms with Gasteiger partial charge in [-0.25, -0.2) is 9.78 Å². The fourth-order valence-electron chi connectivity index (χ4n) is 2.10. The van der Waals surface area contributed by atoms with E-state index in [4.69, 9.17) is 9.63 Å². The molecule has 0 spiro atoms. The number of imidazole rings is 1. The van der Waals surface area contributed by atoms with Gasteiger partial charge in [-0.3, -0.25) is 0 Å². The van der Waals surface area contributed by atoms with Gasteiger partial charge in [-0.1, -0.05) is 11.2 Å². The first-order valence-electron chi connectivity index (χ1n) is 6.11. The van der Waals surface area contributed by atoms with Crippen LogP contribution in [0.4, 0.5) is 0 Å². The summed E-state index contributed by atoms with van der Waals surface area (Å²) in [4.78, 5) is 19.4. The molecule has 0 unspecified atom stereocenters. The lowest BCUT2D eigenvalue weighted by atomic mass is 10.2. The minimum atomic E-state index is -0.978. The van der Waals surface area contributed by atoms with Crippen LogP contribution in [-0.4, -0.2) is 30.8 Å². The summed E-state index contributed by atoms with van der Waals surface area (Å²) in [6.45, 7) is 2.36. The number of carboxylic acids is 1. The smallest absolute Gasteiger partial charge is 0.337 e. The molecule has 7 heteroatoms. The van der Waals surface area contributed by atoms with Gasteiger partial charge in [-0.15, -0.1) is 0 Å². The lowest BCUT2D eigenvalue weighted by Gasteiger charge is -2.02. The van der Waals surface area contributed by atoms with E-state index in [9.17, 15) is 4.79 Å². The number of carbonyl (C=O) groups is 1. The van der Waals surface area contributed by atoms with Gasteiger partial charge in [-0.2, -0.15) is 4.98 Å². The molecule has 1 N–H and O–H groups in total. The van der Waals surface area contributed by atoms with Gasteiger partial charge in [0.05, 0.1) is 17.4 Å². The highest BCUT2D eigenvalue weighted by Crippen LogP contribution is 2.18. The second kappa shape index (κ2) is 4.76. The molecule has 0 radical (unpaired) electrons. The lowest BCUT2D eigenvalue weighted by molar-refractivity contribution is 0.0699. The van der Waals surface area contributed by atoms with Crippen LogP contribution in [0.3, 0.4) is 0 Å². The normalized spacial score (nSPS) is 11.1. The summed E-state index contributed by atoms with van der Waals surface area (Å²) in [6, 6.07) is 5.10. The van der Waals surface area contributed by atoms with Gasteiger partial charge < -0.3 is 14.2 Å². The Kier molecular flexibility index (Phi) is 2.94. The Bertz CT molecular complexity index is 775. The lowest BCUT2D eigenvalue weighted by Crippen LogP contribution is -2.01. The van der Waals surface area contributed by atoms with Gasteiger partial charge in [0.2, 0.25) is 5.89 Å². The molecule has 0 aliphatic rings. The highest BCUT2D eigenvalue weighted by molar-refractivity contribution is 6.00. The van der Waals surface area contributed by atoms with E-state index < -0.39 is 5.97 Å². The van der Waals surface area contributed by atoms with E-state index in [1.807, 2.05) is 10.6 Å². The predicted molar refractivity (Wildman–Crippen MR) is 69.4 cm³/mol. The fourth-order valence-corrected chi connectivity index (χ4v) is 2.10. The molecule has 3 rings (SSSR count). The van der Waals surface area contributed by atoms with Crippen molar-refractivity contribution in [2.24, 2.45) is 0 Å². The summed E-state index contributed by atoms with van der Waals surface area (Å²) in [6.07, 6.45) is 2.20. The number of aromatic nitrogens is 4. The average Bonchev–Trinajstić information content (AvgIpc) is 3.02. The molecule has 3 aromatic rings. The third-order valence-electron chi connectivity index (χ3n) is 3.02. The molecule has 0 atom stereocenters. The van der Waals surface area contributed by atoms with E-state index in [-0.39, 0.29) is 5.56 Å². The van der Waals surface area contributed by atoms with Crippen LogP contribution < -0.4 is 0 Å². The molecule has 0 fully saturated rings. The van der Waals surface area contributed by atoms with Gasteiger partial charge >= 0.3 is 5.97 Å². The van der Waals surface area contributed by atoms with Crippen molar-refractivity contribution >= 4 is 17.0 Å². The highest BCUT2D eigenvalue weighted by Gasteiger charge is 2.12. The standard InChI is InChI=1S/C13H12N4O3/c1-8-15-11(20-16-8)5-6-17-7-14-12-9(13(18)19)3-2-4-10(12)17/h2-4,7H,5-6H2,1H3,(H,18,19). The highest BCUT2D eigenvalue weighted by atomic mass is 16.5. The monoisotopic (exact) mass is 272 g/mol. The Balaban J connectivity index is 1.89. The number of para-hydroxylation sites is 1. The van der Waals surface area contributed by atoms with Crippen LogP contribution in [0.25, 0.3) is 11.0 Å². The summed E-state index contributed by atoms with van der Waals surface area (Å²) in [5, 5.41) is 12.8. The Morgan fingerprint density at radius 3 is 3.00 bits per heavy atom. The van der Waals surface area contributed by atoms with Crippen molar-refractivity contribution in [3.63, 3.8) is 0 Å². The van der Waals surface area contributed by atoms with Crippen molar-refractivity contribution in [2.75, 3.05) is 0 Å². The maximum Gasteiger partial charge on any atom is 0.337 e. The van der Waals surface area contributed by atoms with Crippen LogP contribution in [0, 0.1) is 6.92 Å². The van der Waals surface area contributed by atoms with Gasteiger partial charge in [0.15, 0.2) is 5.82 Å². The number of benzene rings is 1. The van der Waals surface area contributed by atoms with Gasteiger partial charge in [0, 0.05) is 13.0 Å². The number of carboxylic acid groups (broad SMARTS) is 1. The topological polar surface area (TPSA) is 94.0 Å². The number of hydrogen-bond acceptors (Lipinski definition) is 5. The van der Waals surface area contributed by atoms with E-state index in [1.54, 1.807) is 25.4 Å². The fraction of sp³-hybridized carbons (Fsp3) is 0.231. The minimum Gasteiger partial charge on any atom is -0.478 e. The third-order valence-corrected chi connectivity index (χ3v) is 3.02. The predicted octanol–water partition coefficient (Wildman–Crippen LogP) is 1.67. The number of fused-ring (bicyclic) bond motifs is 1. The van der Waals surface area contributed by atoms with Crippen molar-refractivity contribution in [1.82, 2.24) is 19.7 Å². The van der Waals surface area contributed by atoms with Crippen LogP contribution in [0.2, 0.25) is 0 Å². The van der Waals surface area contributed by atoms with Crippen molar-refractivity contribution in [2.45, 2.75) is 19.9 Å². The zero-order chi connectivity index (χ0) is 14.1. The molecule has 0 saturated carbocycles. The van der Waals surface area contributed by atoms with Crippen molar-refractivity contribution in [3.05, 3.63) is 41.8 Å². The number of nitrogens with zero attached hydrogens (tertiary/aromatic N) is 4. The van der Waals surface area contributed by atoms with E-state index in [0.29, 0.717) is 30.2 Å². The molecule has 20 heavy (non-hydrogen) atoms. The molecule has 0 aliphatic carbocycles. The molecule has 0 saturated heterocycles. The Morgan fingerprint density at radius 2 is 2.30 bits per heavy atom. The minimum absolute atomic E-state index is 0.204. The average molecular weight is 272 g/mol. The molecule has 0 amide bonds. The molecule has 1 aromatic carbocycles. The first-order chi connectivity index (χ1) is 9.65. The quantitative estimate of drug-likeness (QED) is 0.776. The van der Waals surface area contributed by atoms with E-state index in [2.05, 4.69) is 15.1 Å². The molecule has 7 nitrogen and oxygen atoms in total. The Hall–Kier alpha value is -2.70. The summed E-state index contributed by atoms with van der Waals surface area (Å²) in [5.74, 6) is 0.177. The first-order valence-corrected chi connectivity index (χ1v) is 6.11. The third kappa shape index (κ3) is 2.13. The maximum atomic E-state index is 11.1. The number of hydrogen-bond donors (Lipinski definition) is 1. The summed E-state index contributed by atoms with van der Waals surface area (Å²) >= 11 is 0. The van der Waals surface area contributed by atoms with Crippen LogP contribution in [0.15, 0.2) is 29.0 Å². The zero-order valence-electron chi connectivity index (χ0n) is 10.8. The second-order valence-electron chi connectivity index (χ2n) is 4.40. The van der Waals surface area contributed by atoms with Crippen molar-refractivity contribution in [1.29, 1.82) is 0 Å². The molecule has 102 valence electrons. The summed E-state index contributed by atoms with van der Waals surface area (Å²) in [5.41, 5.74) is 1.47. The Morgan fingerprint density at radius 1 is 1.45 bits per heavy atom. The molecule has 0 aliphatic heterocycles. The van der Waals surface area contributed by atoms with E-state index in [1.165, 1.54) is 0 Å². The van der Waals surface area contributed by atoms with Gasteiger partial charge in [0.1, 0.15) is 5.52 Å². The number of aromatic carboxylic acids is 1. The summed E-state index contributed by atoms with van der Waals surface area (Å²) in [7, 11) is 0.